The van der Waals surface area contributed by atoms with Crippen molar-refractivity contribution >= 4 is 46.0 Å². The number of esters is 2. The SMILES string of the molecule is CCOC(=O)C1=C(C)NC(=O)N[C@H]1c1ccc(OCC(=O)N/N=C\c2cc(OC)c(OCC(=O)OC)cc2Br)c(OC)c1. The second kappa shape index (κ2) is 15.4. The van der Waals surface area contributed by atoms with Crippen LogP contribution in [0.25, 0.3) is 0 Å². The lowest BCUT2D eigenvalue weighted by molar-refractivity contribution is -0.143. The van der Waals surface area contributed by atoms with Gasteiger partial charge in [0.05, 0.1) is 45.8 Å². The summed E-state index contributed by atoms with van der Waals surface area (Å²) >= 11 is 3.39. The molecule has 3 rings (SSSR count). The van der Waals surface area contributed by atoms with Crippen molar-refractivity contribution in [1.82, 2.24) is 16.1 Å². The molecule has 0 bridgehead atoms. The molecule has 230 valence electrons. The fourth-order valence-corrected chi connectivity index (χ4v) is 4.30. The molecule has 2 aromatic carbocycles. The van der Waals surface area contributed by atoms with Crippen molar-refractivity contribution in [2.45, 2.75) is 19.9 Å². The van der Waals surface area contributed by atoms with Crippen LogP contribution in [0.5, 0.6) is 23.0 Å². The van der Waals surface area contributed by atoms with Gasteiger partial charge >= 0.3 is 18.0 Å². The third kappa shape index (κ3) is 8.61. The summed E-state index contributed by atoms with van der Waals surface area (Å²) in [6, 6.07) is 6.72. The Morgan fingerprint density at radius 3 is 2.37 bits per heavy atom. The van der Waals surface area contributed by atoms with E-state index in [4.69, 9.17) is 23.7 Å². The normalized spacial score (nSPS) is 14.4. The van der Waals surface area contributed by atoms with Crippen molar-refractivity contribution in [2.75, 3.05) is 41.2 Å². The first-order valence-electron chi connectivity index (χ1n) is 12.8. The first kappa shape index (κ1) is 32.7. The van der Waals surface area contributed by atoms with Crippen LogP contribution in [-0.4, -0.2) is 71.2 Å². The first-order valence-corrected chi connectivity index (χ1v) is 13.6. The monoisotopic (exact) mass is 662 g/mol. The topological polar surface area (TPSA) is 172 Å². The molecule has 0 spiro atoms. The van der Waals surface area contributed by atoms with E-state index in [1.54, 1.807) is 44.2 Å². The number of rotatable bonds is 13. The van der Waals surface area contributed by atoms with Gasteiger partial charge < -0.3 is 39.1 Å². The first-order chi connectivity index (χ1) is 20.6. The van der Waals surface area contributed by atoms with Crippen molar-refractivity contribution in [3.63, 3.8) is 0 Å². The van der Waals surface area contributed by atoms with Crippen LogP contribution in [0.15, 0.2) is 51.2 Å². The molecule has 3 N–H and O–H groups in total. The van der Waals surface area contributed by atoms with E-state index in [-0.39, 0.29) is 30.3 Å². The minimum absolute atomic E-state index is 0.170. The van der Waals surface area contributed by atoms with Crippen LogP contribution in [0.2, 0.25) is 0 Å². The summed E-state index contributed by atoms with van der Waals surface area (Å²) in [5, 5.41) is 9.24. The van der Waals surface area contributed by atoms with Gasteiger partial charge in [-0.05, 0) is 59.6 Å². The fourth-order valence-electron chi connectivity index (χ4n) is 3.87. The number of halogens is 1. The van der Waals surface area contributed by atoms with Crippen LogP contribution in [0, 0.1) is 0 Å². The van der Waals surface area contributed by atoms with E-state index in [1.807, 2.05) is 0 Å². The molecule has 14 nitrogen and oxygen atoms in total. The number of carbonyl (C=O) groups excluding carboxylic acids is 4. The van der Waals surface area contributed by atoms with Crippen molar-refractivity contribution < 1.29 is 47.6 Å². The second-order valence-corrected chi connectivity index (χ2v) is 9.53. The number of hydrogen-bond donors (Lipinski definition) is 3. The zero-order valence-electron chi connectivity index (χ0n) is 24.1. The molecular weight excluding hydrogens is 632 g/mol. The Bertz CT molecular complexity index is 1440. The fraction of sp³-hybridized carbons (Fsp3) is 0.321. The number of carbonyl (C=O) groups is 4. The maximum absolute atomic E-state index is 12.6. The molecule has 43 heavy (non-hydrogen) atoms. The molecule has 0 fully saturated rings. The molecule has 0 saturated carbocycles. The average Bonchev–Trinajstić information content (AvgIpc) is 2.99. The molecule has 2 aromatic rings. The van der Waals surface area contributed by atoms with Crippen LogP contribution in [0.1, 0.15) is 31.0 Å². The van der Waals surface area contributed by atoms with Gasteiger partial charge in [-0.3, -0.25) is 4.79 Å². The largest absolute Gasteiger partial charge is 0.493 e. The Hall–Kier alpha value is -4.79. The average molecular weight is 663 g/mol. The Kier molecular flexibility index (Phi) is 11.8. The predicted octanol–water partition coefficient (Wildman–Crippen LogP) is 2.74. The number of methoxy groups -OCH3 is 3. The minimum atomic E-state index is -0.792. The van der Waals surface area contributed by atoms with Gasteiger partial charge in [-0.25, -0.2) is 19.8 Å². The Balaban J connectivity index is 1.66. The summed E-state index contributed by atoms with van der Waals surface area (Å²) in [6.07, 6.45) is 1.38. The van der Waals surface area contributed by atoms with E-state index in [9.17, 15) is 19.2 Å². The number of hydrogen-bond acceptors (Lipinski definition) is 11. The Morgan fingerprint density at radius 2 is 1.70 bits per heavy atom. The van der Waals surface area contributed by atoms with Gasteiger partial charge in [0, 0.05) is 15.7 Å². The second-order valence-electron chi connectivity index (χ2n) is 8.67. The van der Waals surface area contributed by atoms with Crippen LogP contribution in [-0.2, 0) is 23.9 Å². The lowest BCUT2D eigenvalue weighted by Gasteiger charge is -2.28. The number of amides is 3. The summed E-state index contributed by atoms with van der Waals surface area (Å²) < 4.78 is 32.1. The third-order valence-electron chi connectivity index (χ3n) is 5.89. The number of hydrazone groups is 1. The van der Waals surface area contributed by atoms with E-state index in [2.05, 4.69) is 41.8 Å². The van der Waals surface area contributed by atoms with Gasteiger partial charge in [0.15, 0.2) is 36.2 Å². The highest BCUT2D eigenvalue weighted by molar-refractivity contribution is 9.10. The summed E-state index contributed by atoms with van der Waals surface area (Å²) in [4.78, 5) is 48.5. The van der Waals surface area contributed by atoms with Crippen LogP contribution < -0.4 is 35.0 Å². The van der Waals surface area contributed by atoms with E-state index in [0.717, 1.165) is 0 Å². The smallest absolute Gasteiger partial charge is 0.343 e. The van der Waals surface area contributed by atoms with Gasteiger partial charge in [-0.1, -0.05) is 6.07 Å². The maximum Gasteiger partial charge on any atom is 0.343 e. The summed E-state index contributed by atoms with van der Waals surface area (Å²) in [6.45, 7) is 2.78. The standard InChI is InChI=1S/C28H31BrN4O10/c1-6-41-27(36)25-15(2)31-28(37)32-26(25)16-7-8-19(20(9-16)38-3)42-13-23(34)33-30-12-17-10-21(39-4)22(11-18(17)29)43-14-24(35)40-5/h7-12,26H,6,13-14H2,1-5H3,(H,33,34)(H2,31,32,37)/b30-12-/t26-/m0/s1. The van der Waals surface area contributed by atoms with Crippen LogP contribution >= 0.6 is 15.9 Å². The van der Waals surface area contributed by atoms with Gasteiger partial charge in [-0.15, -0.1) is 0 Å². The molecule has 15 heteroatoms. The summed E-state index contributed by atoms with van der Waals surface area (Å²) in [7, 11) is 4.11. The molecule has 0 radical (unpaired) electrons. The van der Waals surface area contributed by atoms with Crippen molar-refractivity contribution in [1.29, 1.82) is 0 Å². The number of nitrogens with zero attached hydrogens (tertiary/aromatic N) is 1. The van der Waals surface area contributed by atoms with Crippen molar-refractivity contribution in [2.24, 2.45) is 5.10 Å². The van der Waals surface area contributed by atoms with Crippen LogP contribution in [0.3, 0.4) is 0 Å². The molecule has 1 atom stereocenters. The number of urea groups is 1. The van der Waals surface area contributed by atoms with Crippen LogP contribution in [0.4, 0.5) is 4.79 Å². The summed E-state index contributed by atoms with van der Waals surface area (Å²) in [5.74, 6) is -0.512. The summed E-state index contributed by atoms with van der Waals surface area (Å²) in [5.41, 5.74) is 4.08. The van der Waals surface area contributed by atoms with E-state index in [1.165, 1.54) is 27.5 Å². The lowest BCUT2D eigenvalue weighted by Crippen LogP contribution is -2.45. The molecule has 1 aliphatic heterocycles. The number of nitrogens with one attached hydrogen (secondary N) is 3. The molecule has 1 heterocycles. The molecular formula is C28H31BrN4O10. The molecule has 0 unspecified atom stereocenters. The molecule has 0 aromatic heterocycles. The number of allylic oxidation sites excluding steroid dienone is 1. The third-order valence-corrected chi connectivity index (χ3v) is 6.58. The number of benzene rings is 2. The van der Waals surface area contributed by atoms with Gasteiger partial charge in [0.25, 0.3) is 5.91 Å². The van der Waals surface area contributed by atoms with Crippen molar-refractivity contribution in [3.8, 4) is 23.0 Å². The Labute approximate surface area is 255 Å². The highest BCUT2D eigenvalue weighted by atomic mass is 79.9. The van der Waals surface area contributed by atoms with Gasteiger partial charge in [0.2, 0.25) is 0 Å². The maximum atomic E-state index is 12.6. The Morgan fingerprint density at radius 1 is 1.00 bits per heavy atom. The van der Waals surface area contributed by atoms with E-state index in [0.29, 0.717) is 32.8 Å². The van der Waals surface area contributed by atoms with Crippen molar-refractivity contribution in [3.05, 3.63) is 57.2 Å². The van der Waals surface area contributed by atoms with Gasteiger partial charge in [0.1, 0.15) is 0 Å². The highest BCUT2D eigenvalue weighted by Crippen LogP contribution is 2.35. The molecule has 0 saturated heterocycles. The molecule has 1 aliphatic rings. The quantitative estimate of drug-likeness (QED) is 0.164. The lowest BCUT2D eigenvalue weighted by atomic mass is 9.95. The number of ether oxygens (including phenoxy) is 6. The minimum Gasteiger partial charge on any atom is -0.493 e. The zero-order chi connectivity index (χ0) is 31.5. The van der Waals surface area contributed by atoms with E-state index < -0.39 is 36.5 Å². The molecule has 3 amide bonds. The zero-order valence-corrected chi connectivity index (χ0v) is 25.7. The van der Waals surface area contributed by atoms with Gasteiger partial charge in [-0.2, -0.15) is 5.10 Å². The van der Waals surface area contributed by atoms with E-state index >= 15 is 0 Å². The molecule has 0 aliphatic carbocycles. The highest BCUT2D eigenvalue weighted by Gasteiger charge is 2.32. The predicted molar refractivity (Wildman–Crippen MR) is 156 cm³/mol.